The number of carbonyl (C=O) groups is 1. The molecule has 1 saturated heterocycles. The minimum atomic E-state index is -4.91. The van der Waals surface area contributed by atoms with Crippen LogP contribution >= 0.6 is 0 Å². The van der Waals surface area contributed by atoms with Gasteiger partial charge in [-0.05, 0) is 38.6 Å². The fraction of sp³-hybridized carbons (Fsp3) is 0.308. The number of aromatic nitrogens is 1. The normalized spacial score (nSPS) is 18.8. The van der Waals surface area contributed by atoms with E-state index in [4.69, 9.17) is 0 Å². The summed E-state index contributed by atoms with van der Waals surface area (Å²) in [6.07, 6.45) is -4.17. The fourth-order valence-electron chi connectivity index (χ4n) is 4.45. The van der Waals surface area contributed by atoms with Crippen LogP contribution in [-0.4, -0.2) is 48.0 Å². The van der Waals surface area contributed by atoms with E-state index < -0.39 is 34.6 Å². The van der Waals surface area contributed by atoms with E-state index in [1.807, 2.05) is 25.8 Å². The number of alkyl halides is 3. The van der Waals surface area contributed by atoms with Crippen molar-refractivity contribution in [2.24, 2.45) is 0 Å². The topological polar surface area (TPSA) is 68.4 Å². The molecule has 190 valence electrons. The lowest BCUT2D eigenvalue weighted by molar-refractivity contribution is -0.138. The van der Waals surface area contributed by atoms with Crippen LogP contribution in [0.25, 0.3) is 11.1 Å². The zero-order valence-electron chi connectivity index (χ0n) is 20.0. The van der Waals surface area contributed by atoms with Crippen LogP contribution in [0.2, 0.25) is 0 Å². The number of nitrogens with zero attached hydrogens (tertiary/aromatic N) is 2. The van der Waals surface area contributed by atoms with Crippen LogP contribution in [0.15, 0.2) is 59.5 Å². The second-order valence-electron chi connectivity index (χ2n) is 9.06. The van der Waals surface area contributed by atoms with Gasteiger partial charge in [-0.25, -0.2) is 4.39 Å². The van der Waals surface area contributed by atoms with Gasteiger partial charge in [-0.1, -0.05) is 30.3 Å². The van der Waals surface area contributed by atoms with Crippen LogP contribution in [0, 0.1) is 5.82 Å². The third-order valence-corrected chi connectivity index (χ3v) is 6.59. The summed E-state index contributed by atoms with van der Waals surface area (Å²) in [4.78, 5) is 30.8. The Morgan fingerprint density at radius 1 is 1.06 bits per heavy atom. The molecular formula is C26H26F4N4O2. The number of anilines is 2. The van der Waals surface area contributed by atoms with E-state index in [-0.39, 0.29) is 23.3 Å². The maximum absolute atomic E-state index is 15.3. The highest BCUT2D eigenvalue weighted by molar-refractivity contribution is 6.07. The third kappa shape index (κ3) is 5.13. The zero-order valence-corrected chi connectivity index (χ0v) is 20.0. The second-order valence-corrected chi connectivity index (χ2v) is 9.06. The Bertz CT molecular complexity index is 1310. The van der Waals surface area contributed by atoms with Gasteiger partial charge in [0.25, 0.3) is 5.91 Å². The average molecular weight is 503 g/mol. The molecule has 1 amide bonds. The number of piperazine rings is 1. The van der Waals surface area contributed by atoms with Crippen LogP contribution < -0.4 is 15.8 Å². The predicted octanol–water partition coefficient (Wildman–Crippen LogP) is 4.98. The molecule has 2 atom stereocenters. The van der Waals surface area contributed by atoms with E-state index in [0.29, 0.717) is 30.4 Å². The van der Waals surface area contributed by atoms with Crippen LogP contribution in [0.5, 0.6) is 0 Å². The SMILES string of the molecule is C[C@@H]1CN(c2cc(F)c(-c3ccccc3)cc2NC(=O)c2c[nH]c(=O)cc2C(F)(F)F)C[C@H](C)N1C. The largest absolute Gasteiger partial charge is 0.417 e. The summed E-state index contributed by atoms with van der Waals surface area (Å²) in [5.74, 6) is -1.59. The molecule has 1 aliphatic heterocycles. The number of aromatic amines is 1. The van der Waals surface area contributed by atoms with Gasteiger partial charge in [0, 0.05) is 43.0 Å². The zero-order chi connectivity index (χ0) is 26.2. The summed E-state index contributed by atoms with van der Waals surface area (Å²) in [5, 5.41) is 2.55. The van der Waals surface area contributed by atoms with Crippen molar-refractivity contribution in [3.05, 3.63) is 82.0 Å². The van der Waals surface area contributed by atoms with Crippen LogP contribution in [0.3, 0.4) is 0 Å². The number of hydrogen-bond donors (Lipinski definition) is 2. The number of hydrogen-bond acceptors (Lipinski definition) is 4. The summed E-state index contributed by atoms with van der Waals surface area (Å²) < 4.78 is 56.0. The standard InChI is InChI=1S/C26H26F4N4O2/c1-15-13-34(14-16(2)33(15)3)23-11-21(27)18(17-7-5-4-6-8-17)9-22(23)32-25(36)19-12-31-24(35)10-20(19)26(28,29)30/h4-12,15-16H,13-14H2,1-3H3,(H,31,35)(H,32,36)/t15-,16+. The lowest BCUT2D eigenvalue weighted by Crippen LogP contribution is -2.55. The van der Waals surface area contributed by atoms with Crippen molar-refractivity contribution >= 4 is 17.3 Å². The number of benzene rings is 2. The molecule has 36 heavy (non-hydrogen) atoms. The van der Waals surface area contributed by atoms with E-state index in [2.05, 4.69) is 15.2 Å². The Labute approximate surface area is 205 Å². The number of likely N-dealkylation sites (N-methyl/N-ethyl adjacent to an activating group) is 1. The van der Waals surface area contributed by atoms with Crippen molar-refractivity contribution < 1.29 is 22.4 Å². The van der Waals surface area contributed by atoms with Gasteiger partial charge in [-0.3, -0.25) is 14.5 Å². The molecule has 2 heterocycles. The number of pyridine rings is 1. The molecule has 1 fully saturated rings. The van der Waals surface area contributed by atoms with Gasteiger partial charge in [0.15, 0.2) is 0 Å². The molecule has 0 radical (unpaired) electrons. The van der Waals surface area contributed by atoms with Crippen LogP contribution in [-0.2, 0) is 6.18 Å². The highest BCUT2D eigenvalue weighted by Gasteiger charge is 2.36. The number of carbonyl (C=O) groups excluding carboxylic acids is 1. The number of H-pyrrole nitrogens is 1. The molecule has 2 aromatic carbocycles. The Hall–Kier alpha value is -3.66. The highest BCUT2D eigenvalue weighted by Crippen LogP contribution is 2.37. The molecule has 3 aromatic rings. The Kier molecular flexibility index (Phi) is 6.90. The van der Waals surface area contributed by atoms with Gasteiger partial charge < -0.3 is 15.2 Å². The minimum Gasteiger partial charge on any atom is -0.367 e. The van der Waals surface area contributed by atoms with Gasteiger partial charge >= 0.3 is 6.18 Å². The maximum atomic E-state index is 15.3. The molecule has 6 nitrogen and oxygen atoms in total. The first-order chi connectivity index (χ1) is 17.0. The third-order valence-electron chi connectivity index (χ3n) is 6.59. The molecule has 0 spiro atoms. The van der Waals surface area contributed by atoms with Crippen molar-refractivity contribution in [2.75, 3.05) is 30.4 Å². The molecule has 0 bridgehead atoms. The molecule has 1 aliphatic rings. The van der Waals surface area contributed by atoms with Gasteiger partial charge in [0.05, 0.1) is 22.5 Å². The second kappa shape index (κ2) is 9.77. The first-order valence-electron chi connectivity index (χ1n) is 11.4. The summed E-state index contributed by atoms with van der Waals surface area (Å²) >= 11 is 0. The number of amides is 1. The van der Waals surface area contributed by atoms with Gasteiger partial charge in [0.1, 0.15) is 5.82 Å². The van der Waals surface area contributed by atoms with Gasteiger partial charge in [-0.2, -0.15) is 13.2 Å². The molecular weight excluding hydrogens is 476 g/mol. The molecule has 0 unspecified atom stereocenters. The summed E-state index contributed by atoms with van der Waals surface area (Å²) in [5.41, 5.74) is -1.78. The lowest BCUT2D eigenvalue weighted by Gasteiger charge is -2.44. The van der Waals surface area contributed by atoms with Gasteiger partial charge in [0.2, 0.25) is 5.56 Å². The van der Waals surface area contributed by atoms with E-state index >= 15 is 4.39 Å². The number of nitrogens with one attached hydrogen (secondary N) is 2. The molecule has 2 N–H and O–H groups in total. The Balaban J connectivity index is 1.81. The molecule has 4 rings (SSSR count). The van der Waals surface area contributed by atoms with Crippen molar-refractivity contribution in [1.29, 1.82) is 0 Å². The fourth-order valence-corrected chi connectivity index (χ4v) is 4.45. The molecule has 1 aromatic heterocycles. The maximum Gasteiger partial charge on any atom is 0.417 e. The van der Waals surface area contributed by atoms with Crippen LogP contribution in [0.1, 0.15) is 29.8 Å². The highest BCUT2D eigenvalue weighted by atomic mass is 19.4. The summed E-state index contributed by atoms with van der Waals surface area (Å²) in [6.45, 7) is 5.09. The van der Waals surface area contributed by atoms with Crippen molar-refractivity contribution in [2.45, 2.75) is 32.1 Å². The van der Waals surface area contributed by atoms with Crippen molar-refractivity contribution in [3.8, 4) is 11.1 Å². The van der Waals surface area contributed by atoms with E-state index in [1.165, 1.54) is 12.1 Å². The first-order valence-corrected chi connectivity index (χ1v) is 11.4. The molecule has 0 saturated carbocycles. The monoisotopic (exact) mass is 502 g/mol. The first kappa shape index (κ1) is 25.4. The predicted molar refractivity (Wildman–Crippen MR) is 131 cm³/mol. The van der Waals surface area contributed by atoms with Crippen molar-refractivity contribution in [3.63, 3.8) is 0 Å². The summed E-state index contributed by atoms with van der Waals surface area (Å²) in [7, 11) is 1.99. The lowest BCUT2D eigenvalue weighted by atomic mass is 10.0. The smallest absolute Gasteiger partial charge is 0.367 e. The quantitative estimate of drug-likeness (QED) is 0.494. The number of rotatable bonds is 4. The average Bonchev–Trinajstić information content (AvgIpc) is 2.83. The Morgan fingerprint density at radius 3 is 2.31 bits per heavy atom. The van der Waals surface area contributed by atoms with Gasteiger partial charge in [-0.15, -0.1) is 0 Å². The molecule has 10 heteroatoms. The summed E-state index contributed by atoms with van der Waals surface area (Å²) in [6, 6.07) is 12.0. The Morgan fingerprint density at radius 2 is 1.69 bits per heavy atom. The number of halogens is 4. The van der Waals surface area contributed by atoms with E-state index in [0.717, 1.165) is 6.20 Å². The molecule has 0 aliphatic carbocycles. The minimum absolute atomic E-state index is 0.116. The van der Waals surface area contributed by atoms with E-state index in [1.54, 1.807) is 30.3 Å². The van der Waals surface area contributed by atoms with E-state index in [9.17, 15) is 22.8 Å². The van der Waals surface area contributed by atoms with Crippen molar-refractivity contribution in [1.82, 2.24) is 9.88 Å². The van der Waals surface area contributed by atoms with Crippen LogP contribution in [0.4, 0.5) is 28.9 Å².